The van der Waals surface area contributed by atoms with E-state index < -0.39 is 0 Å². The molecule has 1 amide bonds. The van der Waals surface area contributed by atoms with Gasteiger partial charge in [-0.25, -0.2) is 0 Å². The lowest BCUT2D eigenvalue weighted by atomic mass is 10.0. The first-order valence-corrected chi connectivity index (χ1v) is 6.27. The van der Waals surface area contributed by atoms with Crippen LogP contribution in [0.3, 0.4) is 0 Å². The van der Waals surface area contributed by atoms with Gasteiger partial charge in [0, 0.05) is 13.1 Å². The van der Waals surface area contributed by atoms with E-state index in [0.717, 1.165) is 19.5 Å². The molecule has 0 fully saturated rings. The Kier molecular flexibility index (Phi) is 5.70. The summed E-state index contributed by atoms with van der Waals surface area (Å²) in [7, 11) is 0. The number of nitrogens with zero attached hydrogens (tertiary/aromatic N) is 1. The largest absolute Gasteiger partial charge is 0.342 e. The highest BCUT2D eigenvalue weighted by Gasteiger charge is 2.17. The average Bonchev–Trinajstić information content (AvgIpc) is 2.38. The third kappa shape index (κ3) is 4.19. The maximum atomic E-state index is 11.9. The van der Waals surface area contributed by atoms with Crippen LogP contribution < -0.4 is 5.73 Å². The molecule has 0 saturated heterocycles. The predicted octanol–water partition coefficient (Wildman–Crippen LogP) is 1.81. The average molecular weight is 234 g/mol. The molecular formula is C14H22N2O. The van der Waals surface area contributed by atoms with Crippen molar-refractivity contribution in [3.63, 3.8) is 0 Å². The lowest BCUT2D eigenvalue weighted by molar-refractivity contribution is -0.132. The zero-order valence-electron chi connectivity index (χ0n) is 10.7. The van der Waals surface area contributed by atoms with Crippen LogP contribution in [-0.2, 0) is 11.2 Å². The molecule has 0 radical (unpaired) electrons. The molecule has 3 heteroatoms. The van der Waals surface area contributed by atoms with Crippen molar-refractivity contribution in [1.82, 2.24) is 4.90 Å². The molecule has 1 rings (SSSR count). The van der Waals surface area contributed by atoms with Crippen molar-refractivity contribution in [2.45, 2.75) is 32.7 Å². The Morgan fingerprint density at radius 3 is 2.35 bits per heavy atom. The number of carbonyl (C=O) groups excluding carboxylic acids is 1. The maximum Gasteiger partial charge on any atom is 0.239 e. The maximum absolute atomic E-state index is 11.9. The number of aryl methyl sites for hydroxylation is 1. The Balaban J connectivity index is 2.44. The van der Waals surface area contributed by atoms with Gasteiger partial charge >= 0.3 is 0 Å². The van der Waals surface area contributed by atoms with E-state index in [0.29, 0.717) is 6.42 Å². The van der Waals surface area contributed by atoms with E-state index in [9.17, 15) is 4.79 Å². The zero-order chi connectivity index (χ0) is 12.7. The smallest absolute Gasteiger partial charge is 0.239 e. The van der Waals surface area contributed by atoms with Gasteiger partial charge in [0.15, 0.2) is 0 Å². The Labute approximate surface area is 104 Å². The van der Waals surface area contributed by atoms with Gasteiger partial charge in [0.05, 0.1) is 6.04 Å². The van der Waals surface area contributed by atoms with E-state index in [1.54, 1.807) is 4.90 Å². The molecule has 0 aliphatic heterocycles. The van der Waals surface area contributed by atoms with Crippen molar-refractivity contribution in [1.29, 1.82) is 0 Å². The minimum Gasteiger partial charge on any atom is -0.342 e. The van der Waals surface area contributed by atoms with Crippen LogP contribution in [0.15, 0.2) is 30.3 Å². The van der Waals surface area contributed by atoms with Gasteiger partial charge in [-0.2, -0.15) is 0 Å². The number of amides is 1. The molecule has 2 N–H and O–H groups in total. The van der Waals surface area contributed by atoms with Crippen LogP contribution in [0.1, 0.15) is 25.8 Å². The molecule has 0 aromatic heterocycles. The molecule has 0 saturated carbocycles. The van der Waals surface area contributed by atoms with Crippen molar-refractivity contribution in [2.24, 2.45) is 5.73 Å². The van der Waals surface area contributed by atoms with Gasteiger partial charge in [-0.1, -0.05) is 30.3 Å². The first-order valence-electron chi connectivity index (χ1n) is 6.27. The van der Waals surface area contributed by atoms with Gasteiger partial charge in [0.25, 0.3) is 0 Å². The number of carbonyl (C=O) groups is 1. The number of hydrogen-bond acceptors (Lipinski definition) is 2. The van der Waals surface area contributed by atoms with E-state index in [1.807, 2.05) is 32.0 Å². The summed E-state index contributed by atoms with van der Waals surface area (Å²) < 4.78 is 0. The fourth-order valence-electron chi connectivity index (χ4n) is 1.86. The van der Waals surface area contributed by atoms with Gasteiger partial charge in [-0.3, -0.25) is 4.79 Å². The lowest BCUT2D eigenvalue weighted by Crippen LogP contribution is -2.43. The molecule has 1 aromatic carbocycles. The van der Waals surface area contributed by atoms with E-state index >= 15 is 0 Å². The molecule has 0 aliphatic carbocycles. The van der Waals surface area contributed by atoms with Crippen LogP contribution in [0.2, 0.25) is 0 Å². The molecule has 1 atom stereocenters. The third-order valence-corrected chi connectivity index (χ3v) is 2.98. The summed E-state index contributed by atoms with van der Waals surface area (Å²) in [6.07, 6.45) is 1.56. The van der Waals surface area contributed by atoms with Crippen molar-refractivity contribution >= 4 is 5.91 Å². The molecule has 0 bridgehead atoms. The fourth-order valence-corrected chi connectivity index (χ4v) is 1.86. The minimum atomic E-state index is -0.380. The Hall–Kier alpha value is -1.35. The SMILES string of the molecule is CCN(CC)C(=O)C(N)CCc1ccccc1. The summed E-state index contributed by atoms with van der Waals surface area (Å²) in [5, 5.41) is 0. The monoisotopic (exact) mass is 234 g/mol. The summed E-state index contributed by atoms with van der Waals surface area (Å²) in [6.45, 7) is 5.42. The number of benzene rings is 1. The van der Waals surface area contributed by atoms with Gasteiger partial charge in [-0.15, -0.1) is 0 Å². The fraction of sp³-hybridized carbons (Fsp3) is 0.500. The van der Waals surface area contributed by atoms with E-state index in [2.05, 4.69) is 12.1 Å². The number of rotatable bonds is 6. The van der Waals surface area contributed by atoms with E-state index in [-0.39, 0.29) is 11.9 Å². The van der Waals surface area contributed by atoms with Crippen LogP contribution in [0.5, 0.6) is 0 Å². The van der Waals surface area contributed by atoms with Gasteiger partial charge in [0.2, 0.25) is 5.91 Å². The standard InChI is InChI=1S/C14H22N2O/c1-3-16(4-2)14(17)13(15)11-10-12-8-6-5-7-9-12/h5-9,13H,3-4,10-11,15H2,1-2H3. The quantitative estimate of drug-likeness (QED) is 0.816. The van der Waals surface area contributed by atoms with Crippen LogP contribution in [0.4, 0.5) is 0 Å². The number of nitrogens with two attached hydrogens (primary N) is 1. The van der Waals surface area contributed by atoms with Crippen LogP contribution in [-0.4, -0.2) is 29.9 Å². The number of hydrogen-bond donors (Lipinski definition) is 1. The lowest BCUT2D eigenvalue weighted by Gasteiger charge is -2.22. The van der Waals surface area contributed by atoms with E-state index in [4.69, 9.17) is 5.73 Å². The summed E-state index contributed by atoms with van der Waals surface area (Å²) in [6, 6.07) is 9.75. The van der Waals surface area contributed by atoms with Crippen molar-refractivity contribution in [3.05, 3.63) is 35.9 Å². The molecule has 0 heterocycles. The minimum absolute atomic E-state index is 0.0610. The molecule has 1 unspecified atom stereocenters. The molecule has 3 nitrogen and oxygen atoms in total. The zero-order valence-corrected chi connectivity index (χ0v) is 10.7. The first-order chi connectivity index (χ1) is 8.19. The highest BCUT2D eigenvalue weighted by molar-refractivity contribution is 5.81. The van der Waals surface area contributed by atoms with Gasteiger partial charge < -0.3 is 10.6 Å². The van der Waals surface area contributed by atoms with Crippen LogP contribution >= 0.6 is 0 Å². The molecule has 17 heavy (non-hydrogen) atoms. The summed E-state index contributed by atoms with van der Waals surface area (Å²) in [5.74, 6) is 0.0610. The van der Waals surface area contributed by atoms with E-state index in [1.165, 1.54) is 5.56 Å². The highest BCUT2D eigenvalue weighted by Crippen LogP contribution is 2.05. The molecule has 0 spiro atoms. The molecular weight excluding hydrogens is 212 g/mol. The number of likely N-dealkylation sites (N-methyl/N-ethyl adjacent to an activating group) is 1. The summed E-state index contributed by atoms with van der Waals surface area (Å²) in [5.41, 5.74) is 7.16. The highest BCUT2D eigenvalue weighted by atomic mass is 16.2. The third-order valence-electron chi connectivity index (χ3n) is 2.98. The second-order valence-corrected chi connectivity index (χ2v) is 4.14. The van der Waals surface area contributed by atoms with Crippen LogP contribution in [0.25, 0.3) is 0 Å². The van der Waals surface area contributed by atoms with Gasteiger partial charge in [0.1, 0.15) is 0 Å². The topological polar surface area (TPSA) is 46.3 Å². The predicted molar refractivity (Wildman–Crippen MR) is 70.7 cm³/mol. The Morgan fingerprint density at radius 2 is 1.82 bits per heavy atom. The van der Waals surface area contributed by atoms with Crippen LogP contribution in [0, 0.1) is 0 Å². The normalized spacial score (nSPS) is 12.2. The molecule has 1 aromatic rings. The second-order valence-electron chi connectivity index (χ2n) is 4.14. The van der Waals surface area contributed by atoms with Crippen molar-refractivity contribution in [2.75, 3.05) is 13.1 Å². The first kappa shape index (κ1) is 13.7. The Morgan fingerprint density at radius 1 is 1.24 bits per heavy atom. The Bertz CT molecular complexity index is 333. The molecule has 94 valence electrons. The second kappa shape index (κ2) is 7.07. The van der Waals surface area contributed by atoms with Gasteiger partial charge in [-0.05, 0) is 32.3 Å². The van der Waals surface area contributed by atoms with Crippen molar-refractivity contribution < 1.29 is 4.79 Å². The van der Waals surface area contributed by atoms with Crippen molar-refractivity contribution in [3.8, 4) is 0 Å². The molecule has 0 aliphatic rings. The summed E-state index contributed by atoms with van der Waals surface area (Å²) >= 11 is 0. The summed E-state index contributed by atoms with van der Waals surface area (Å²) in [4.78, 5) is 13.7.